The molecule has 0 bridgehead atoms. The first-order chi connectivity index (χ1) is 17.9. The van der Waals surface area contributed by atoms with Crippen molar-refractivity contribution in [3.05, 3.63) is 105 Å². The average molecular weight is 578 g/mol. The lowest BCUT2D eigenvalue weighted by molar-refractivity contribution is -0.139. The molecule has 0 aliphatic rings. The van der Waals surface area contributed by atoms with Crippen molar-refractivity contribution in [3.8, 4) is 0 Å². The van der Waals surface area contributed by atoms with Crippen molar-refractivity contribution in [2.24, 2.45) is 0 Å². The van der Waals surface area contributed by atoms with Gasteiger partial charge in [0.2, 0.25) is 11.8 Å². The summed E-state index contributed by atoms with van der Waals surface area (Å²) in [5.41, 5.74) is 2.66. The molecule has 1 N–H and O–H groups in total. The lowest BCUT2D eigenvalue weighted by Gasteiger charge is -2.32. The number of nitrogens with one attached hydrogen (secondary N) is 1. The van der Waals surface area contributed by atoms with Gasteiger partial charge in [0.15, 0.2) is 0 Å². The van der Waals surface area contributed by atoms with Crippen LogP contribution in [0, 0.1) is 0 Å². The molecule has 37 heavy (non-hydrogen) atoms. The van der Waals surface area contributed by atoms with Crippen LogP contribution < -0.4 is 5.32 Å². The maximum Gasteiger partial charge on any atom is 0.243 e. The minimum absolute atomic E-state index is 0.136. The van der Waals surface area contributed by atoms with Crippen LogP contribution in [0.25, 0.3) is 0 Å². The highest BCUT2D eigenvalue weighted by Gasteiger charge is 2.31. The third kappa shape index (κ3) is 9.26. The first kappa shape index (κ1) is 29.4. The first-order valence-corrected chi connectivity index (χ1v) is 14.5. The fraction of sp³-hybridized carbons (Fsp3) is 0.310. The van der Waals surface area contributed by atoms with Crippen LogP contribution in [0.4, 0.5) is 0 Å². The molecule has 4 nitrogen and oxygen atoms in total. The number of unbranched alkanes of at least 4 members (excludes halogenated alkanes) is 1. The summed E-state index contributed by atoms with van der Waals surface area (Å²) in [6.07, 6.45) is 2.21. The number of hydrogen-bond acceptors (Lipinski definition) is 3. The van der Waals surface area contributed by atoms with Crippen molar-refractivity contribution >= 4 is 58.4 Å². The summed E-state index contributed by atoms with van der Waals surface area (Å²) in [7, 11) is 0. The fourth-order valence-electron chi connectivity index (χ4n) is 3.83. The number of hydrogen-bond donors (Lipinski definition) is 1. The van der Waals surface area contributed by atoms with Gasteiger partial charge in [-0.1, -0.05) is 96.7 Å². The van der Waals surface area contributed by atoms with Gasteiger partial charge in [0.25, 0.3) is 0 Å². The second-order valence-electron chi connectivity index (χ2n) is 8.69. The van der Waals surface area contributed by atoms with Crippen molar-refractivity contribution in [2.75, 3.05) is 12.3 Å². The van der Waals surface area contributed by atoms with E-state index >= 15 is 0 Å². The number of thioether (sulfide) groups is 1. The zero-order valence-corrected chi connectivity index (χ0v) is 23.8. The van der Waals surface area contributed by atoms with E-state index in [9.17, 15) is 9.59 Å². The van der Waals surface area contributed by atoms with E-state index in [0.717, 1.165) is 24.0 Å². The molecule has 196 valence electrons. The third-order valence-corrected chi connectivity index (χ3v) is 7.85. The monoisotopic (exact) mass is 576 g/mol. The van der Waals surface area contributed by atoms with E-state index in [2.05, 4.69) is 12.2 Å². The van der Waals surface area contributed by atoms with Crippen LogP contribution in [0.15, 0.2) is 72.8 Å². The van der Waals surface area contributed by atoms with Gasteiger partial charge >= 0.3 is 0 Å². The predicted molar refractivity (Wildman–Crippen MR) is 156 cm³/mol. The normalized spacial score (nSPS) is 11.7. The molecule has 2 amide bonds. The molecule has 0 spiro atoms. The molecule has 3 aromatic rings. The molecule has 3 rings (SSSR count). The van der Waals surface area contributed by atoms with E-state index in [1.54, 1.807) is 23.1 Å². The summed E-state index contributed by atoms with van der Waals surface area (Å²) in [5, 5.41) is 4.62. The smallest absolute Gasteiger partial charge is 0.243 e. The van der Waals surface area contributed by atoms with Gasteiger partial charge in [0.1, 0.15) is 6.04 Å². The molecular weight excluding hydrogens is 547 g/mol. The molecule has 0 aliphatic carbocycles. The fourth-order valence-corrected chi connectivity index (χ4v) is 5.35. The Kier molecular flexibility index (Phi) is 12.1. The Hall–Kier alpha value is -2.18. The van der Waals surface area contributed by atoms with Gasteiger partial charge in [0.05, 0.1) is 5.75 Å². The molecule has 0 aromatic heterocycles. The van der Waals surface area contributed by atoms with E-state index < -0.39 is 6.04 Å². The summed E-state index contributed by atoms with van der Waals surface area (Å²) < 4.78 is 0. The van der Waals surface area contributed by atoms with Gasteiger partial charge in [-0.3, -0.25) is 9.59 Å². The standard InChI is InChI=1S/C29H31Cl3N2O2S/c1-2-3-16-33-29(36)27(17-21-8-5-4-6-9-21)34(18-24-25(31)10-7-11-26(24)32)28(35)20-37-19-22-12-14-23(30)15-13-22/h4-15,27H,2-3,16-20H2,1H3,(H,33,36). The highest BCUT2D eigenvalue weighted by molar-refractivity contribution is 7.99. The largest absolute Gasteiger partial charge is 0.354 e. The molecule has 1 unspecified atom stereocenters. The second kappa shape index (κ2) is 15.3. The third-order valence-electron chi connectivity index (χ3n) is 5.90. The van der Waals surface area contributed by atoms with Crippen LogP contribution in [0.5, 0.6) is 0 Å². The molecule has 0 heterocycles. The molecular formula is C29H31Cl3N2O2S. The number of carbonyl (C=O) groups excluding carboxylic acids is 2. The number of carbonyl (C=O) groups is 2. The molecule has 0 fully saturated rings. The number of nitrogens with zero attached hydrogens (tertiary/aromatic N) is 1. The predicted octanol–water partition coefficient (Wildman–Crippen LogP) is 7.44. The molecule has 0 radical (unpaired) electrons. The van der Waals surface area contributed by atoms with E-state index in [1.165, 1.54) is 11.8 Å². The van der Waals surface area contributed by atoms with Gasteiger partial charge in [-0.2, -0.15) is 0 Å². The maximum atomic E-state index is 13.7. The number of halogens is 3. The Labute approximate surface area is 238 Å². The topological polar surface area (TPSA) is 49.4 Å². The Morgan fingerprint density at radius 2 is 1.57 bits per heavy atom. The van der Waals surface area contributed by atoms with Gasteiger partial charge in [0, 0.05) is 45.9 Å². The van der Waals surface area contributed by atoms with Crippen LogP contribution in [0.2, 0.25) is 15.1 Å². The maximum absolute atomic E-state index is 13.7. The number of rotatable bonds is 13. The van der Waals surface area contributed by atoms with Crippen LogP contribution in [-0.4, -0.2) is 35.1 Å². The lowest BCUT2D eigenvalue weighted by atomic mass is 10.0. The van der Waals surface area contributed by atoms with Crippen molar-refractivity contribution in [3.63, 3.8) is 0 Å². The summed E-state index contributed by atoms with van der Waals surface area (Å²) >= 11 is 20.4. The van der Waals surface area contributed by atoms with Gasteiger partial charge in [-0.25, -0.2) is 0 Å². The Morgan fingerprint density at radius 1 is 0.892 bits per heavy atom. The van der Waals surface area contributed by atoms with Crippen molar-refractivity contribution in [1.82, 2.24) is 10.2 Å². The highest BCUT2D eigenvalue weighted by Crippen LogP contribution is 2.28. The zero-order valence-electron chi connectivity index (χ0n) is 20.8. The van der Waals surface area contributed by atoms with Crippen molar-refractivity contribution in [1.29, 1.82) is 0 Å². The first-order valence-electron chi connectivity index (χ1n) is 12.2. The summed E-state index contributed by atoms with van der Waals surface area (Å²) in [4.78, 5) is 28.8. The quantitative estimate of drug-likeness (QED) is 0.215. The van der Waals surface area contributed by atoms with Crippen molar-refractivity contribution < 1.29 is 9.59 Å². The average Bonchev–Trinajstić information content (AvgIpc) is 2.89. The van der Waals surface area contributed by atoms with Gasteiger partial charge < -0.3 is 10.2 Å². The Balaban J connectivity index is 1.87. The molecule has 0 saturated carbocycles. The lowest BCUT2D eigenvalue weighted by Crippen LogP contribution is -2.51. The second-order valence-corrected chi connectivity index (χ2v) is 10.9. The number of amides is 2. The number of benzene rings is 3. The molecule has 0 aliphatic heterocycles. The van der Waals surface area contributed by atoms with E-state index in [0.29, 0.717) is 39.3 Å². The van der Waals surface area contributed by atoms with Crippen LogP contribution in [0.1, 0.15) is 36.5 Å². The van der Waals surface area contributed by atoms with Gasteiger partial charge in [-0.05, 0) is 41.8 Å². The summed E-state index contributed by atoms with van der Waals surface area (Å²) in [5.74, 6) is 0.520. The minimum Gasteiger partial charge on any atom is -0.354 e. The summed E-state index contributed by atoms with van der Waals surface area (Å²) in [6, 6.07) is 21.8. The van der Waals surface area contributed by atoms with E-state index in [-0.39, 0.29) is 24.1 Å². The Morgan fingerprint density at radius 3 is 2.22 bits per heavy atom. The SMILES string of the molecule is CCCCNC(=O)C(Cc1ccccc1)N(Cc1c(Cl)cccc1Cl)C(=O)CSCc1ccc(Cl)cc1. The molecule has 0 saturated heterocycles. The summed E-state index contributed by atoms with van der Waals surface area (Å²) in [6.45, 7) is 2.76. The van der Waals surface area contributed by atoms with Crippen LogP contribution in [0.3, 0.4) is 0 Å². The Bertz CT molecular complexity index is 1140. The highest BCUT2D eigenvalue weighted by atomic mass is 35.5. The van der Waals surface area contributed by atoms with Crippen LogP contribution in [-0.2, 0) is 28.3 Å². The molecule has 8 heteroatoms. The van der Waals surface area contributed by atoms with Gasteiger partial charge in [-0.15, -0.1) is 11.8 Å². The van der Waals surface area contributed by atoms with E-state index in [4.69, 9.17) is 34.8 Å². The zero-order chi connectivity index (χ0) is 26.6. The van der Waals surface area contributed by atoms with Crippen LogP contribution >= 0.6 is 46.6 Å². The minimum atomic E-state index is -0.713. The van der Waals surface area contributed by atoms with Crippen molar-refractivity contribution in [2.45, 2.75) is 44.5 Å². The molecule has 3 aromatic carbocycles. The molecule has 1 atom stereocenters. The van der Waals surface area contributed by atoms with E-state index in [1.807, 2.05) is 54.6 Å².